The average molecular weight is 139 g/mol. The lowest BCUT2D eigenvalue weighted by atomic mass is 9.58. The van der Waals surface area contributed by atoms with Crippen LogP contribution in [0.15, 0.2) is 12.1 Å². The van der Waals surface area contributed by atoms with Gasteiger partial charge >= 0.3 is 0 Å². The molecule has 0 saturated carbocycles. The Balaban J connectivity index is 3.62. The Labute approximate surface area is 65.1 Å². The molecule has 1 nitrogen and oxygen atoms in total. The van der Waals surface area contributed by atoms with Crippen molar-refractivity contribution in [2.45, 2.75) is 32.6 Å². The van der Waals surface area contributed by atoms with E-state index < -0.39 is 0 Å². The predicted molar refractivity (Wildman–Crippen MR) is 49.9 cm³/mol. The van der Waals surface area contributed by atoms with E-state index >= 15 is 0 Å². The van der Waals surface area contributed by atoms with Gasteiger partial charge in [-0.25, -0.2) is 0 Å². The zero-order chi connectivity index (χ0) is 8.15. The summed E-state index contributed by atoms with van der Waals surface area (Å²) in [7, 11) is 3.10. The Morgan fingerprint density at radius 1 is 1.40 bits per heavy atom. The molecule has 0 bridgehead atoms. The van der Waals surface area contributed by atoms with Gasteiger partial charge in [-0.3, -0.25) is 0 Å². The first-order valence-corrected chi connectivity index (χ1v) is 3.92. The summed E-state index contributed by atoms with van der Waals surface area (Å²) in [5, 5.41) is 3.17. The minimum Gasteiger partial charge on any atom is -0.314 e. The molecule has 0 heterocycles. The van der Waals surface area contributed by atoms with Gasteiger partial charge in [-0.2, -0.15) is 0 Å². The van der Waals surface area contributed by atoms with Crippen molar-refractivity contribution in [3.8, 4) is 0 Å². The van der Waals surface area contributed by atoms with Crippen molar-refractivity contribution in [3.63, 3.8) is 0 Å². The summed E-state index contributed by atoms with van der Waals surface area (Å²) < 4.78 is 0. The summed E-state index contributed by atoms with van der Waals surface area (Å²) in [6.45, 7) is 10.6. The number of rotatable bonds is 4. The van der Waals surface area contributed by atoms with Crippen molar-refractivity contribution < 1.29 is 0 Å². The molecule has 2 heteroatoms. The van der Waals surface area contributed by atoms with Crippen LogP contribution in [0.4, 0.5) is 0 Å². The second-order valence-electron chi connectivity index (χ2n) is 3.27. The maximum absolute atomic E-state index is 4.00. The molecular formula is C8H18BN. The molecule has 0 aromatic carbocycles. The molecule has 10 heavy (non-hydrogen) atoms. The molecule has 0 aliphatic heterocycles. The summed E-state index contributed by atoms with van der Waals surface area (Å²) in [5.41, 5.74) is 1.30. The van der Waals surface area contributed by atoms with Crippen molar-refractivity contribution in [3.05, 3.63) is 12.1 Å². The van der Waals surface area contributed by atoms with E-state index in [0.717, 1.165) is 13.1 Å². The number of likely N-dealkylation sites (N-methyl/N-ethyl adjacent to an activating group) is 1. The third kappa shape index (κ3) is 3.73. The smallest absolute Gasteiger partial charge is 0.156 e. The van der Waals surface area contributed by atoms with E-state index in [1.807, 2.05) is 7.05 Å². The van der Waals surface area contributed by atoms with Crippen LogP contribution in [0.1, 0.15) is 20.8 Å². The Bertz CT molecular complexity index is 110. The average Bonchev–Trinajstić information content (AvgIpc) is 1.85. The van der Waals surface area contributed by atoms with Crippen LogP contribution in [0.2, 0.25) is 5.82 Å². The van der Waals surface area contributed by atoms with Gasteiger partial charge < -0.3 is 5.32 Å². The molecule has 0 rings (SSSR count). The lowest BCUT2D eigenvalue weighted by molar-refractivity contribution is 0.716. The molecule has 58 valence electrons. The van der Waals surface area contributed by atoms with E-state index in [-0.39, 0.29) is 0 Å². The normalized spacial score (nSPS) is 13.3. The van der Waals surface area contributed by atoms with Crippen molar-refractivity contribution in [1.82, 2.24) is 5.32 Å². The van der Waals surface area contributed by atoms with Gasteiger partial charge in [0, 0.05) is 6.04 Å². The third-order valence-corrected chi connectivity index (χ3v) is 1.72. The summed E-state index contributed by atoms with van der Waals surface area (Å²) in [6, 6.07) is 0.461. The predicted octanol–water partition coefficient (Wildman–Crippen LogP) is 1.37. The fraction of sp³-hybridized carbons (Fsp3) is 0.750. The molecule has 1 N–H and O–H groups in total. The Kier molecular flexibility index (Phi) is 4.45. The van der Waals surface area contributed by atoms with Crippen LogP contribution >= 0.6 is 0 Å². The number of nitrogens with one attached hydrogen (secondary N) is 1. The van der Waals surface area contributed by atoms with Gasteiger partial charge in [0.25, 0.3) is 0 Å². The van der Waals surface area contributed by atoms with Crippen LogP contribution in [0.3, 0.4) is 0 Å². The second kappa shape index (κ2) is 4.56. The standard InChI is InChI=1S/C8H18BN/c1-6(2)9-7(3)8(4)10-5/h6,8-10H,3H2,1-2,4-5H3. The maximum Gasteiger partial charge on any atom is 0.156 e. The molecule has 0 aromatic rings. The molecule has 0 radical (unpaired) electrons. The largest absolute Gasteiger partial charge is 0.314 e. The fourth-order valence-electron chi connectivity index (χ4n) is 0.905. The highest BCUT2D eigenvalue weighted by Crippen LogP contribution is 2.06. The van der Waals surface area contributed by atoms with E-state index in [1.54, 1.807) is 0 Å². The quantitative estimate of drug-likeness (QED) is 0.580. The maximum atomic E-state index is 4.00. The third-order valence-electron chi connectivity index (χ3n) is 1.72. The van der Waals surface area contributed by atoms with Gasteiger partial charge in [0.15, 0.2) is 7.28 Å². The van der Waals surface area contributed by atoms with Gasteiger partial charge in [0.1, 0.15) is 0 Å². The van der Waals surface area contributed by atoms with Gasteiger partial charge in [0.05, 0.1) is 0 Å². The van der Waals surface area contributed by atoms with Crippen LogP contribution in [0, 0.1) is 0 Å². The van der Waals surface area contributed by atoms with Gasteiger partial charge in [0.2, 0.25) is 0 Å². The highest BCUT2D eigenvalue weighted by molar-refractivity contribution is 6.47. The minimum atomic E-state index is 0.461. The van der Waals surface area contributed by atoms with Crippen LogP contribution in [0.5, 0.6) is 0 Å². The first-order valence-electron chi connectivity index (χ1n) is 3.92. The van der Waals surface area contributed by atoms with Crippen molar-refractivity contribution in [2.75, 3.05) is 7.05 Å². The van der Waals surface area contributed by atoms with Gasteiger partial charge in [-0.05, 0) is 14.0 Å². The zero-order valence-corrected chi connectivity index (χ0v) is 7.57. The van der Waals surface area contributed by atoms with E-state index in [0.29, 0.717) is 6.04 Å². The van der Waals surface area contributed by atoms with Crippen LogP contribution < -0.4 is 5.32 Å². The Hall–Kier alpha value is -0.235. The van der Waals surface area contributed by atoms with E-state index in [4.69, 9.17) is 0 Å². The molecule has 0 aromatic heterocycles. The summed E-state index contributed by atoms with van der Waals surface area (Å²) >= 11 is 0. The Morgan fingerprint density at radius 3 is 2.20 bits per heavy atom. The molecule has 1 atom stereocenters. The Morgan fingerprint density at radius 2 is 1.90 bits per heavy atom. The van der Waals surface area contributed by atoms with E-state index in [9.17, 15) is 0 Å². The van der Waals surface area contributed by atoms with Crippen molar-refractivity contribution in [2.24, 2.45) is 0 Å². The molecule has 1 unspecified atom stereocenters. The molecule has 0 aliphatic rings. The van der Waals surface area contributed by atoms with Crippen LogP contribution in [0.25, 0.3) is 0 Å². The summed E-state index contributed by atoms with van der Waals surface area (Å²) in [6.07, 6.45) is 0. The summed E-state index contributed by atoms with van der Waals surface area (Å²) in [4.78, 5) is 0. The van der Waals surface area contributed by atoms with Crippen molar-refractivity contribution in [1.29, 1.82) is 0 Å². The highest BCUT2D eigenvalue weighted by atomic mass is 14.8. The van der Waals surface area contributed by atoms with Crippen LogP contribution in [-0.2, 0) is 0 Å². The number of hydrogen-bond donors (Lipinski definition) is 1. The molecule has 0 saturated heterocycles. The van der Waals surface area contributed by atoms with Crippen molar-refractivity contribution >= 4 is 7.28 Å². The van der Waals surface area contributed by atoms with E-state index in [2.05, 4.69) is 32.7 Å². The molecule has 0 fully saturated rings. The molecule has 0 amide bonds. The molecule has 0 aliphatic carbocycles. The van der Waals surface area contributed by atoms with Crippen LogP contribution in [-0.4, -0.2) is 20.4 Å². The lowest BCUT2D eigenvalue weighted by Crippen LogP contribution is -2.26. The number of hydrogen-bond acceptors (Lipinski definition) is 1. The monoisotopic (exact) mass is 139 g/mol. The highest BCUT2D eigenvalue weighted by Gasteiger charge is 2.06. The van der Waals surface area contributed by atoms with Gasteiger partial charge in [-0.15, -0.1) is 6.58 Å². The first-order chi connectivity index (χ1) is 4.57. The summed E-state index contributed by atoms with van der Waals surface area (Å²) in [5.74, 6) is 0.725. The van der Waals surface area contributed by atoms with Gasteiger partial charge in [-0.1, -0.05) is 25.1 Å². The second-order valence-corrected chi connectivity index (χ2v) is 3.27. The topological polar surface area (TPSA) is 12.0 Å². The van der Waals surface area contributed by atoms with E-state index in [1.165, 1.54) is 5.47 Å². The minimum absolute atomic E-state index is 0.461. The lowest BCUT2D eigenvalue weighted by Gasteiger charge is -2.14. The SMILES string of the molecule is C=C(BC(C)C)C(C)NC. The first kappa shape index (κ1) is 9.76. The molecular weight excluding hydrogens is 121 g/mol. The zero-order valence-electron chi connectivity index (χ0n) is 7.57. The fourth-order valence-corrected chi connectivity index (χ4v) is 0.905. The molecule has 0 spiro atoms.